The molecule has 0 amide bonds. The third-order valence-electron chi connectivity index (χ3n) is 2.74. The van der Waals surface area contributed by atoms with Gasteiger partial charge in [0.15, 0.2) is 0 Å². The number of imidazole rings is 1. The molecule has 0 aliphatic carbocycles. The second-order valence-electron chi connectivity index (χ2n) is 4.12. The van der Waals surface area contributed by atoms with Gasteiger partial charge in [-0.1, -0.05) is 22.0 Å². The van der Waals surface area contributed by atoms with Crippen molar-refractivity contribution in [3.63, 3.8) is 0 Å². The van der Waals surface area contributed by atoms with Crippen molar-refractivity contribution in [2.45, 2.75) is 6.54 Å². The van der Waals surface area contributed by atoms with Crippen molar-refractivity contribution in [2.75, 3.05) is 0 Å². The van der Waals surface area contributed by atoms with E-state index in [1.54, 1.807) is 17.5 Å². The highest BCUT2D eigenvalue weighted by atomic mass is 79.9. The molecule has 2 heterocycles. The van der Waals surface area contributed by atoms with Crippen molar-refractivity contribution in [2.24, 2.45) is 0 Å². The molecule has 0 aliphatic heterocycles. The maximum absolute atomic E-state index is 13.5. The molecule has 0 spiro atoms. The Morgan fingerprint density at radius 3 is 2.95 bits per heavy atom. The van der Waals surface area contributed by atoms with E-state index < -0.39 is 0 Å². The van der Waals surface area contributed by atoms with Crippen molar-refractivity contribution < 1.29 is 4.39 Å². The maximum atomic E-state index is 13.5. The Kier molecular flexibility index (Phi) is 3.48. The van der Waals surface area contributed by atoms with Gasteiger partial charge in [-0.2, -0.15) is 0 Å². The molecule has 0 atom stereocenters. The van der Waals surface area contributed by atoms with E-state index in [-0.39, 0.29) is 5.82 Å². The minimum Gasteiger partial charge on any atom is -0.326 e. The van der Waals surface area contributed by atoms with Crippen LogP contribution in [0, 0.1) is 5.82 Å². The topological polar surface area (TPSA) is 17.8 Å². The molecule has 19 heavy (non-hydrogen) atoms. The molecule has 96 valence electrons. The molecule has 0 radical (unpaired) electrons. The second-order valence-corrected chi connectivity index (χ2v) is 6.06. The summed E-state index contributed by atoms with van der Waals surface area (Å²) < 4.78 is 16.2. The third kappa shape index (κ3) is 2.77. The predicted molar refractivity (Wildman–Crippen MR) is 78.7 cm³/mol. The fourth-order valence-electron chi connectivity index (χ4n) is 1.95. The number of hydrogen-bond donors (Lipinski definition) is 0. The fourth-order valence-corrected chi connectivity index (χ4v) is 3.12. The summed E-state index contributed by atoms with van der Waals surface area (Å²) in [6.07, 6.45) is 3.65. The summed E-state index contributed by atoms with van der Waals surface area (Å²) in [6.45, 7) is 0.751. The molecule has 0 saturated heterocycles. The number of nitrogens with zero attached hydrogens (tertiary/aromatic N) is 2. The number of thiophene rings is 1. The van der Waals surface area contributed by atoms with Crippen LogP contribution in [0.5, 0.6) is 0 Å². The molecule has 0 saturated carbocycles. The van der Waals surface area contributed by atoms with Crippen molar-refractivity contribution in [3.05, 3.63) is 63.3 Å². The molecule has 0 unspecified atom stereocenters. The molecular formula is C14H10BrFN2S. The summed E-state index contributed by atoms with van der Waals surface area (Å²) >= 11 is 5.01. The van der Waals surface area contributed by atoms with Crippen LogP contribution in [0.2, 0.25) is 0 Å². The molecule has 0 N–H and O–H groups in total. The Morgan fingerprint density at radius 2 is 2.21 bits per heavy atom. The summed E-state index contributed by atoms with van der Waals surface area (Å²) in [4.78, 5) is 5.57. The van der Waals surface area contributed by atoms with Gasteiger partial charge in [0.2, 0.25) is 0 Å². The minimum absolute atomic E-state index is 0.268. The molecule has 0 fully saturated rings. The van der Waals surface area contributed by atoms with Gasteiger partial charge in [0.1, 0.15) is 11.6 Å². The molecule has 3 aromatic rings. The van der Waals surface area contributed by atoms with Crippen LogP contribution in [-0.4, -0.2) is 9.55 Å². The average Bonchev–Trinajstić information content (AvgIpc) is 2.99. The SMILES string of the molecule is Fc1cc(Br)cc(-c2nccn2Cc2cccs2)c1. The summed E-state index contributed by atoms with van der Waals surface area (Å²) in [7, 11) is 0. The van der Waals surface area contributed by atoms with Crippen molar-refractivity contribution in [1.29, 1.82) is 0 Å². The van der Waals surface area contributed by atoms with E-state index in [1.807, 2.05) is 28.3 Å². The number of hydrogen-bond acceptors (Lipinski definition) is 2. The van der Waals surface area contributed by atoms with Gasteiger partial charge in [-0.05, 0) is 29.6 Å². The monoisotopic (exact) mass is 336 g/mol. The van der Waals surface area contributed by atoms with E-state index in [9.17, 15) is 4.39 Å². The lowest BCUT2D eigenvalue weighted by atomic mass is 10.2. The first-order valence-corrected chi connectivity index (χ1v) is 7.39. The normalized spacial score (nSPS) is 10.8. The van der Waals surface area contributed by atoms with Crippen LogP contribution in [0.3, 0.4) is 0 Å². The number of aromatic nitrogens is 2. The van der Waals surface area contributed by atoms with E-state index in [1.165, 1.54) is 17.0 Å². The van der Waals surface area contributed by atoms with Gasteiger partial charge in [0.05, 0.1) is 6.54 Å². The minimum atomic E-state index is -0.268. The van der Waals surface area contributed by atoms with Gasteiger partial charge in [-0.15, -0.1) is 11.3 Å². The second kappa shape index (κ2) is 5.27. The molecule has 0 bridgehead atoms. The lowest BCUT2D eigenvalue weighted by Gasteiger charge is -2.07. The highest BCUT2D eigenvalue weighted by Gasteiger charge is 2.09. The van der Waals surface area contributed by atoms with Crippen molar-refractivity contribution >= 4 is 27.3 Å². The molecule has 2 nitrogen and oxygen atoms in total. The average molecular weight is 337 g/mol. The fraction of sp³-hybridized carbons (Fsp3) is 0.0714. The highest BCUT2D eigenvalue weighted by Crippen LogP contribution is 2.24. The Balaban J connectivity index is 1.99. The lowest BCUT2D eigenvalue weighted by Crippen LogP contribution is -1.99. The zero-order valence-electron chi connectivity index (χ0n) is 9.88. The van der Waals surface area contributed by atoms with Gasteiger partial charge in [-0.25, -0.2) is 9.37 Å². The van der Waals surface area contributed by atoms with Gasteiger partial charge in [-0.3, -0.25) is 0 Å². The van der Waals surface area contributed by atoms with Gasteiger partial charge in [0.25, 0.3) is 0 Å². The molecule has 2 aromatic heterocycles. The molecular weight excluding hydrogens is 327 g/mol. The summed E-state index contributed by atoms with van der Waals surface area (Å²) in [6, 6.07) is 8.91. The van der Waals surface area contributed by atoms with Crippen LogP contribution >= 0.6 is 27.3 Å². The van der Waals surface area contributed by atoms with Crippen LogP contribution in [0.1, 0.15) is 4.88 Å². The first kappa shape index (κ1) is 12.6. The van der Waals surface area contributed by atoms with E-state index in [0.29, 0.717) is 4.47 Å². The number of benzene rings is 1. The van der Waals surface area contributed by atoms with E-state index >= 15 is 0 Å². The van der Waals surface area contributed by atoms with Crippen molar-refractivity contribution in [1.82, 2.24) is 9.55 Å². The molecule has 1 aromatic carbocycles. The zero-order valence-corrected chi connectivity index (χ0v) is 12.3. The van der Waals surface area contributed by atoms with Crippen LogP contribution in [0.4, 0.5) is 4.39 Å². The molecule has 0 aliphatic rings. The number of halogens is 2. The van der Waals surface area contributed by atoms with Gasteiger partial charge >= 0.3 is 0 Å². The first-order valence-electron chi connectivity index (χ1n) is 5.72. The predicted octanol–water partition coefficient (Wildman–Crippen LogP) is 4.56. The molecule has 5 heteroatoms. The maximum Gasteiger partial charge on any atom is 0.140 e. The summed E-state index contributed by atoms with van der Waals surface area (Å²) in [5.41, 5.74) is 0.772. The van der Waals surface area contributed by atoms with Gasteiger partial charge < -0.3 is 4.57 Å². The summed E-state index contributed by atoms with van der Waals surface area (Å²) in [5.74, 6) is 0.503. The smallest absolute Gasteiger partial charge is 0.140 e. The quantitative estimate of drug-likeness (QED) is 0.685. The standard InChI is InChI=1S/C14H10BrFN2S/c15-11-6-10(7-12(16)8-11)14-17-3-4-18(14)9-13-2-1-5-19-13/h1-8H,9H2. The van der Waals surface area contributed by atoms with Crippen LogP contribution in [-0.2, 0) is 6.54 Å². The Morgan fingerprint density at radius 1 is 1.32 bits per heavy atom. The Labute approximate surface area is 122 Å². The van der Waals surface area contributed by atoms with Crippen LogP contribution < -0.4 is 0 Å². The first-order chi connectivity index (χ1) is 9.22. The summed E-state index contributed by atoms with van der Waals surface area (Å²) in [5, 5.41) is 2.05. The largest absolute Gasteiger partial charge is 0.326 e. The van der Waals surface area contributed by atoms with Crippen LogP contribution in [0.15, 0.2) is 52.6 Å². The van der Waals surface area contributed by atoms with Crippen molar-refractivity contribution in [3.8, 4) is 11.4 Å². The third-order valence-corrected chi connectivity index (χ3v) is 4.06. The van der Waals surface area contributed by atoms with E-state index in [4.69, 9.17) is 0 Å². The van der Waals surface area contributed by atoms with Crippen LogP contribution in [0.25, 0.3) is 11.4 Å². The van der Waals surface area contributed by atoms with E-state index in [2.05, 4.69) is 27.0 Å². The molecule has 3 rings (SSSR count). The lowest BCUT2D eigenvalue weighted by molar-refractivity contribution is 0.627. The number of rotatable bonds is 3. The Bertz CT molecular complexity index is 671. The van der Waals surface area contributed by atoms with Gasteiger partial charge in [0, 0.05) is 27.3 Å². The zero-order chi connectivity index (χ0) is 13.2. The highest BCUT2D eigenvalue weighted by molar-refractivity contribution is 9.10. The van der Waals surface area contributed by atoms with E-state index in [0.717, 1.165) is 17.9 Å². The Hall–Kier alpha value is -1.46.